The summed E-state index contributed by atoms with van der Waals surface area (Å²) in [5.41, 5.74) is 0. The zero-order chi connectivity index (χ0) is 58.1. The van der Waals surface area contributed by atoms with Gasteiger partial charge in [0.1, 0.15) is 48.8 Å². The zero-order valence-electron chi connectivity index (χ0n) is 49.0. The molecule has 0 radical (unpaired) electrons. The van der Waals surface area contributed by atoms with Gasteiger partial charge < -0.3 is 65.1 Å². The van der Waals surface area contributed by atoms with E-state index in [0.29, 0.717) is 12.8 Å². The smallest absolute Gasteiger partial charge is 0.220 e. The van der Waals surface area contributed by atoms with Gasteiger partial charge in [-0.2, -0.15) is 0 Å². The molecule has 12 atom stereocenters. The number of carbonyl (C=O) groups is 1. The topological polar surface area (TPSA) is 228 Å². The second kappa shape index (κ2) is 50.0. The van der Waals surface area contributed by atoms with Gasteiger partial charge in [0.2, 0.25) is 5.91 Å². The molecule has 0 bridgehead atoms. The summed E-state index contributed by atoms with van der Waals surface area (Å²) in [6, 6.07) is -0.948. The Balaban J connectivity index is 1.74. The molecular weight excluding hydrogens is 1010 g/mol. The summed E-state index contributed by atoms with van der Waals surface area (Å²) in [5, 5.41) is 87.1. The number of carbonyl (C=O) groups excluding carboxylic acids is 1. The highest BCUT2D eigenvalue weighted by molar-refractivity contribution is 5.76. The molecule has 0 saturated carbocycles. The maximum Gasteiger partial charge on any atom is 0.220 e. The van der Waals surface area contributed by atoms with E-state index in [9.17, 15) is 45.6 Å². The lowest BCUT2D eigenvalue weighted by atomic mass is 9.97. The van der Waals surface area contributed by atoms with Crippen molar-refractivity contribution >= 4 is 5.91 Å². The molecule has 80 heavy (non-hydrogen) atoms. The molecule has 14 nitrogen and oxygen atoms in total. The van der Waals surface area contributed by atoms with E-state index in [1.54, 1.807) is 6.08 Å². The van der Waals surface area contributed by atoms with Crippen LogP contribution in [-0.2, 0) is 23.7 Å². The van der Waals surface area contributed by atoms with Crippen molar-refractivity contribution in [1.29, 1.82) is 0 Å². The van der Waals surface area contributed by atoms with Crippen molar-refractivity contribution in [1.82, 2.24) is 5.32 Å². The molecule has 2 aliphatic rings. The summed E-state index contributed by atoms with van der Waals surface area (Å²) in [4.78, 5) is 13.3. The lowest BCUT2D eigenvalue weighted by molar-refractivity contribution is -0.359. The molecule has 0 spiro atoms. The molecule has 0 aromatic heterocycles. The minimum absolute atomic E-state index is 0.248. The first-order chi connectivity index (χ1) is 39.1. The third-order valence-corrected chi connectivity index (χ3v) is 14.1. The number of aliphatic hydroxyl groups is 8. The first-order valence-corrected chi connectivity index (χ1v) is 30.8. The molecule has 0 aromatic carbocycles. The third-order valence-electron chi connectivity index (χ3n) is 14.1. The van der Waals surface area contributed by atoms with Crippen molar-refractivity contribution in [2.45, 2.75) is 267 Å². The Morgan fingerprint density at radius 3 is 1.38 bits per heavy atom. The van der Waals surface area contributed by atoms with Crippen molar-refractivity contribution in [2.75, 3.05) is 19.8 Å². The molecule has 0 aliphatic carbocycles. The van der Waals surface area contributed by atoms with E-state index >= 15 is 0 Å². The second-order valence-electron chi connectivity index (χ2n) is 21.1. The van der Waals surface area contributed by atoms with Gasteiger partial charge in [-0.1, -0.05) is 212 Å². The summed E-state index contributed by atoms with van der Waals surface area (Å²) in [6.45, 7) is 2.63. The van der Waals surface area contributed by atoms with Gasteiger partial charge in [-0.05, 0) is 96.3 Å². The molecule has 1 amide bonds. The largest absolute Gasteiger partial charge is 0.394 e. The van der Waals surface area contributed by atoms with Crippen LogP contribution in [0, 0.1) is 0 Å². The Morgan fingerprint density at radius 1 is 0.463 bits per heavy atom. The van der Waals surface area contributed by atoms with Gasteiger partial charge in [0.15, 0.2) is 12.6 Å². The van der Waals surface area contributed by atoms with Gasteiger partial charge in [-0.3, -0.25) is 4.79 Å². The molecular formula is C66H109NO13. The van der Waals surface area contributed by atoms with E-state index in [-0.39, 0.29) is 18.9 Å². The summed E-state index contributed by atoms with van der Waals surface area (Å²) >= 11 is 0. The Bertz CT molecular complexity index is 1800. The Kier molecular flexibility index (Phi) is 45.3. The quantitative estimate of drug-likeness (QED) is 0.0204. The predicted molar refractivity (Wildman–Crippen MR) is 322 cm³/mol. The first-order valence-electron chi connectivity index (χ1n) is 30.8. The van der Waals surface area contributed by atoms with Crippen LogP contribution in [0.25, 0.3) is 0 Å². The fourth-order valence-electron chi connectivity index (χ4n) is 9.20. The van der Waals surface area contributed by atoms with E-state index in [1.165, 1.54) is 57.8 Å². The van der Waals surface area contributed by atoms with Crippen LogP contribution >= 0.6 is 0 Å². The van der Waals surface area contributed by atoms with E-state index in [4.69, 9.17) is 18.9 Å². The van der Waals surface area contributed by atoms with E-state index in [0.717, 1.165) is 103 Å². The molecule has 0 aromatic rings. The van der Waals surface area contributed by atoms with Crippen LogP contribution in [0.5, 0.6) is 0 Å². The van der Waals surface area contributed by atoms with Crippen LogP contribution in [0.15, 0.2) is 122 Å². The lowest BCUT2D eigenvalue weighted by Gasteiger charge is -2.46. The molecule has 2 saturated heterocycles. The number of aliphatic hydroxyl groups excluding tert-OH is 8. The minimum atomic E-state index is -1.80. The van der Waals surface area contributed by atoms with Crippen LogP contribution in [0.1, 0.15) is 194 Å². The molecule has 14 heteroatoms. The van der Waals surface area contributed by atoms with Gasteiger partial charge in [0.25, 0.3) is 0 Å². The van der Waals surface area contributed by atoms with Crippen LogP contribution in [0.4, 0.5) is 0 Å². The summed E-state index contributed by atoms with van der Waals surface area (Å²) in [6.07, 6.45) is 55.2. The summed E-state index contributed by atoms with van der Waals surface area (Å²) in [5.74, 6) is -0.270. The average molecular weight is 1120 g/mol. The van der Waals surface area contributed by atoms with Gasteiger partial charge >= 0.3 is 0 Å². The molecule has 2 fully saturated rings. The first kappa shape index (κ1) is 72.5. The molecule has 9 N–H and O–H groups in total. The fraction of sp³-hybridized carbons (Fsp3) is 0.682. The van der Waals surface area contributed by atoms with E-state index in [2.05, 4.69) is 129 Å². The Hall–Kier alpha value is -3.61. The highest BCUT2D eigenvalue weighted by Gasteiger charge is 2.51. The van der Waals surface area contributed by atoms with Crippen molar-refractivity contribution in [3.63, 3.8) is 0 Å². The third kappa shape index (κ3) is 34.7. The fourth-order valence-corrected chi connectivity index (χ4v) is 9.20. The van der Waals surface area contributed by atoms with Gasteiger partial charge in [-0.15, -0.1) is 0 Å². The Labute approximate surface area is 482 Å². The molecule has 456 valence electrons. The second-order valence-corrected chi connectivity index (χ2v) is 21.1. The molecule has 2 heterocycles. The lowest BCUT2D eigenvalue weighted by Crippen LogP contribution is -2.65. The van der Waals surface area contributed by atoms with Gasteiger partial charge in [-0.25, -0.2) is 0 Å². The van der Waals surface area contributed by atoms with Crippen LogP contribution in [0.3, 0.4) is 0 Å². The molecule has 2 aliphatic heterocycles. The van der Waals surface area contributed by atoms with Crippen LogP contribution in [-0.4, -0.2) is 140 Å². The maximum atomic E-state index is 13.3. The number of hydrogen-bond acceptors (Lipinski definition) is 13. The monoisotopic (exact) mass is 1120 g/mol. The van der Waals surface area contributed by atoms with Crippen molar-refractivity contribution in [3.8, 4) is 0 Å². The highest BCUT2D eigenvalue weighted by atomic mass is 16.7. The highest BCUT2D eigenvalue weighted by Crippen LogP contribution is 2.30. The number of unbranched alkanes of at least 4 members (excludes halogenated alkanes) is 16. The van der Waals surface area contributed by atoms with E-state index in [1.807, 2.05) is 6.08 Å². The average Bonchev–Trinajstić information content (AvgIpc) is 3.46. The van der Waals surface area contributed by atoms with Crippen LogP contribution < -0.4 is 5.32 Å². The SMILES string of the molecule is CC/C=C\C/C=C\C/C=C\C/C=C\C/C=C\C/C=C\C/C=C\C/C=C\CCCCCCCCC(=O)NC(COC1OC(CO)C(OC2OC(CO)C(O)C(O)C2O)C(O)C1O)C(O)/C=C/CC/C=C/CCCCCCCCCCC. The number of allylic oxidation sites excluding steroid dienone is 19. The number of ether oxygens (including phenoxy) is 4. The van der Waals surface area contributed by atoms with Crippen molar-refractivity contribution in [3.05, 3.63) is 122 Å². The van der Waals surface area contributed by atoms with Gasteiger partial charge in [0.05, 0.1) is 32.0 Å². The minimum Gasteiger partial charge on any atom is -0.394 e. The van der Waals surface area contributed by atoms with E-state index < -0.39 is 86.8 Å². The molecule has 12 unspecified atom stereocenters. The van der Waals surface area contributed by atoms with Gasteiger partial charge in [0, 0.05) is 6.42 Å². The molecule has 2 rings (SSSR count). The summed E-state index contributed by atoms with van der Waals surface area (Å²) < 4.78 is 22.7. The van der Waals surface area contributed by atoms with Crippen molar-refractivity contribution < 1.29 is 64.6 Å². The number of amides is 1. The normalized spacial score (nSPS) is 25.1. The Morgan fingerprint density at radius 2 is 0.875 bits per heavy atom. The van der Waals surface area contributed by atoms with Crippen molar-refractivity contribution in [2.24, 2.45) is 0 Å². The zero-order valence-corrected chi connectivity index (χ0v) is 49.0. The maximum absolute atomic E-state index is 13.3. The standard InChI is InChI=1S/C66H109NO13/c1-3-5-7-9-11-13-15-17-19-20-21-22-23-24-25-26-27-28-29-30-31-32-33-34-36-38-40-42-44-46-48-50-58(71)67-54(55(70)49-47-45-43-41-39-37-35-18-16-14-12-10-8-6-4-2)53-77-65-63(76)61(74)64(57(52-69)79-65)80-66-62(75)60(73)59(72)56(51-68)78-66/h5,7,11,13,17,19,21-22,24-25,27-28,30-31,33-34,39,41,47,49,54-57,59-66,68-70,72-76H,3-4,6,8-10,12,14-16,18,20,23,26,29,32,35-38,40,42-46,48,50-53H2,1-2H3,(H,67,71)/b7-5-,13-11-,19-17-,22-21-,25-24-,28-27-,31-30-,34-33-,41-39+,49-47+. The number of nitrogens with one attached hydrogen (secondary N) is 1. The number of rotatable bonds is 47. The van der Waals surface area contributed by atoms with Crippen LogP contribution in [0.2, 0.25) is 0 Å². The summed E-state index contributed by atoms with van der Waals surface area (Å²) in [7, 11) is 0. The predicted octanol–water partition coefficient (Wildman–Crippen LogP) is 11.0. The number of hydrogen-bond donors (Lipinski definition) is 9.